The van der Waals surface area contributed by atoms with Gasteiger partial charge in [0, 0.05) is 40.3 Å². The van der Waals surface area contributed by atoms with Crippen LogP contribution in [-0.4, -0.2) is 81.2 Å². The van der Waals surface area contributed by atoms with Crippen LogP contribution < -0.4 is 10.2 Å². The van der Waals surface area contributed by atoms with E-state index >= 15 is 0 Å². The van der Waals surface area contributed by atoms with Crippen molar-refractivity contribution in [2.45, 2.75) is 6.18 Å². The lowest BCUT2D eigenvalue weighted by Crippen LogP contribution is -2.54. The highest BCUT2D eigenvalue weighted by Crippen LogP contribution is 2.26. The molecule has 1 saturated heterocycles. The zero-order valence-corrected chi connectivity index (χ0v) is 18.8. The van der Waals surface area contributed by atoms with Gasteiger partial charge in [-0.25, -0.2) is 0 Å². The Morgan fingerprint density at radius 3 is 2.39 bits per heavy atom. The number of para-hydroxylation sites is 1. The molecule has 1 heterocycles. The van der Waals surface area contributed by atoms with E-state index in [9.17, 15) is 18.0 Å². The highest BCUT2D eigenvalue weighted by molar-refractivity contribution is 14.0. The summed E-state index contributed by atoms with van der Waals surface area (Å²) < 4.78 is 37.1. The van der Waals surface area contributed by atoms with Crippen LogP contribution in [0.5, 0.6) is 0 Å². The summed E-state index contributed by atoms with van der Waals surface area (Å²) in [6.45, 7) is 1.21. The number of hydrogen-bond donors (Lipinski definition) is 1. The van der Waals surface area contributed by atoms with E-state index in [2.05, 4.69) is 15.2 Å². The molecular formula is C17H24ClF3IN5O. The zero-order chi connectivity index (χ0) is 20.0. The second-order valence-electron chi connectivity index (χ2n) is 6.19. The maximum atomic E-state index is 12.4. The van der Waals surface area contributed by atoms with Crippen LogP contribution >= 0.6 is 35.6 Å². The van der Waals surface area contributed by atoms with Crippen molar-refractivity contribution in [1.29, 1.82) is 0 Å². The quantitative estimate of drug-likeness (QED) is 0.367. The summed E-state index contributed by atoms with van der Waals surface area (Å²) in [6.07, 6.45) is -4.42. The number of guanidine groups is 1. The van der Waals surface area contributed by atoms with Crippen molar-refractivity contribution in [2.75, 3.05) is 58.3 Å². The fraction of sp³-hybridized carbons (Fsp3) is 0.529. The molecule has 1 aliphatic heterocycles. The first-order valence-electron chi connectivity index (χ1n) is 8.47. The largest absolute Gasteiger partial charge is 0.406 e. The van der Waals surface area contributed by atoms with Gasteiger partial charge in [-0.15, -0.1) is 24.0 Å². The first-order chi connectivity index (χ1) is 12.7. The lowest BCUT2D eigenvalue weighted by Gasteiger charge is -2.38. The molecule has 0 radical (unpaired) electrons. The summed E-state index contributed by atoms with van der Waals surface area (Å²) in [5.41, 5.74) is 0.964. The normalized spacial score (nSPS) is 15.1. The summed E-state index contributed by atoms with van der Waals surface area (Å²) in [6, 6.07) is 7.60. The Morgan fingerprint density at radius 2 is 1.86 bits per heavy atom. The number of likely N-dealkylation sites (N-methyl/N-ethyl adjacent to an activating group) is 1. The fourth-order valence-electron chi connectivity index (χ4n) is 2.85. The number of rotatable bonds is 4. The minimum Gasteiger partial charge on any atom is -0.367 e. The van der Waals surface area contributed by atoms with Crippen molar-refractivity contribution in [3.05, 3.63) is 29.3 Å². The van der Waals surface area contributed by atoms with Gasteiger partial charge in [-0.3, -0.25) is 9.79 Å². The number of aliphatic imine (C=N–C) groups is 1. The van der Waals surface area contributed by atoms with E-state index in [1.165, 1.54) is 0 Å². The molecule has 1 amide bonds. The molecule has 0 bridgehead atoms. The molecule has 1 aliphatic rings. The van der Waals surface area contributed by atoms with Crippen molar-refractivity contribution >= 4 is 53.1 Å². The van der Waals surface area contributed by atoms with Gasteiger partial charge in [-0.2, -0.15) is 13.2 Å². The third-order valence-corrected chi connectivity index (χ3v) is 4.54. The second kappa shape index (κ2) is 10.9. The van der Waals surface area contributed by atoms with E-state index in [1.54, 1.807) is 7.05 Å². The monoisotopic (exact) mass is 533 g/mol. The maximum Gasteiger partial charge on any atom is 0.406 e. The molecule has 158 valence electrons. The van der Waals surface area contributed by atoms with Gasteiger partial charge in [0.2, 0.25) is 5.91 Å². The Hall–Kier alpha value is -1.43. The third-order valence-electron chi connectivity index (χ3n) is 4.22. The Balaban J connectivity index is 0.00000392. The second-order valence-corrected chi connectivity index (χ2v) is 6.60. The number of piperazine rings is 1. The van der Waals surface area contributed by atoms with Crippen molar-refractivity contribution in [3.8, 4) is 0 Å². The molecule has 1 N–H and O–H groups in total. The molecule has 0 aliphatic carbocycles. The minimum atomic E-state index is -4.42. The minimum absolute atomic E-state index is 0. The van der Waals surface area contributed by atoms with Crippen LogP contribution in [0.4, 0.5) is 18.9 Å². The van der Waals surface area contributed by atoms with E-state index in [4.69, 9.17) is 11.6 Å². The van der Waals surface area contributed by atoms with Crippen LogP contribution in [0.3, 0.4) is 0 Å². The van der Waals surface area contributed by atoms with E-state index in [1.807, 2.05) is 29.2 Å². The molecular weight excluding hydrogens is 510 g/mol. The van der Waals surface area contributed by atoms with Crippen LogP contribution in [0.2, 0.25) is 5.02 Å². The number of anilines is 1. The van der Waals surface area contributed by atoms with Gasteiger partial charge in [0.1, 0.15) is 6.54 Å². The molecule has 0 saturated carbocycles. The molecule has 0 unspecified atom stereocenters. The summed E-state index contributed by atoms with van der Waals surface area (Å²) in [7, 11) is 2.70. The van der Waals surface area contributed by atoms with E-state index in [0.717, 1.165) is 12.7 Å². The number of nitrogens with zero attached hydrogens (tertiary/aromatic N) is 4. The first-order valence-corrected chi connectivity index (χ1v) is 8.85. The average Bonchev–Trinajstić information content (AvgIpc) is 2.61. The number of carbonyl (C=O) groups excluding carboxylic acids is 1. The van der Waals surface area contributed by atoms with Crippen LogP contribution in [0.1, 0.15) is 0 Å². The topological polar surface area (TPSA) is 51.2 Å². The van der Waals surface area contributed by atoms with Crippen molar-refractivity contribution in [3.63, 3.8) is 0 Å². The third kappa shape index (κ3) is 7.19. The first kappa shape index (κ1) is 24.6. The number of benzene rings is 1. The van der Waals surface area contributed by atoms with Gasteiger partial charge in [-0.1, -0.05) is 23.7 Å². The number of nitrogens with one attached hydrogen (secondary N) is 1. The lowest BCUT2D eigenvalue weighted by atomic mass is 10.2. The smallest absolute Gasteiger partial charge is 0.367 e. The molecule has 2 rings (SSSR count). The molecule has 0 spiro atoms. The van der Waals surface area contributed by atoms with Gasteiger partial charge >= 0.3 is 6.18 Å². The van der Waals surface area contributed by atoms with Gasteiger partial charge < -0.3 is 20.0 Å². The number of hydrogen-bond acceptors (Lipinski definition) is 3. The molecule has 0 atom stereocenters. The predicted octanol–water partition coefficient (Wildman–Crippen LogP) is 2.68. The molecule has 1 aromatic rings. The Bertz CT molecular complexity index is 681. The lowest BCUT2D eigenvalue weighted by molar-refractivity contribution is -0.157. The van der Waals surface area contributed by atoms with E-state index in [0.29, 0.717) is 42.1 Å². The van der Waals surface area contributed by atoms with Gasteiger partial charge in [0.05, 0.1) is 17.3 Å². The summed E-state index contributed by atoms with van der Waals surface area (Å²) in [4.78, 5) is 20.8. The van der Waals surface area contributed by atoms with E-state index in [-0.39, 0.29) is 30.5 Å². The number of amides is 1. The Labute approximate surface area is 184 Å². The predicted molar refractivity (Wildman–Crippen MR) is 116 cm³/mol. The molecule has 1 fully saturated rings. The van der Waals surface area contributed by atoms with Gasteiger partial charge in [0.25, 0.3) is 0 Å². The maximum absolute atomic E-state index is 12.4. The molecule has 0 aromatic heterocycles. The highest BCUT2D eigenvalue weighted by Gasteiger charge is 2.31. The number of carbonyl (C=O) groups is 1. The molecule has 6 nitrogen and oxygen atoms in total. The Kier molecular flexibility index (Phi) is 9.61. The fourth-order valence-corrected chi connectivity index (χ4v) is 3.10. The standard InChI is InChI=1S/C17H23ClF3N5O.HI/c1-22-16(23-11-15(27)24(2)12-17(19,20)21)26-9-7-25(8-10-26)14-6-4-3-5-13(14)18;/h3-6H,7-12H2,1-2H3,(H,22,23);1H. The van der Waals surface area contributed by atoms with Crippen LogP contribution in [0.15, 0.2) is 29.3 Å². The highest BCUT2D eigenvalue weighted by atomic mass is 127. The summed E-state index contributed by atoms with van der Waals surface area (Å²) >= 11 is 6.23. The average molecular weight is 534 g/mol. The van der Waals surface area contributed by atoms with Crippen molar-refractivity contribution in [2.24, 2.45) is 4.99 Å². The van der Waals surface area contributed by atoms with Crippen molar-refractivity contribution < 1.29 is 18.0 Å². The van der Waals surface area contributed by atoms with E-state index < -0.39 is 18.6 Å². The van der Waals surface area contributed by atoms with Crippen molar-refractivity contribution in [1.82, 2.24) is 15.1 Å². The SMILES string of the molecule is CN=C(NCC(=O)N(C)CC(F)(F)F)N1CCN(c2ccccc2Cl)CC1.I. The molecule has 1 aromatic carbocycles. The summed E-state index contributed by atoms with van der Waals surface area (Å²) in [5.74, 6) is -0.161. The molecule has 11 heteroatoms. The number of alkyl halides is 3. The molecule has 28 heavy (non-hydrogen) atoms. The summed E-state index contributed by atoms with van der Waals surface area (Å²) in [5, 5.41) is 3.53. The Morgan fingerprint density at radius 1 is 1.25 bits per heavy atom. The van der Waals surface area contributed by atoms with Gasteiger partial charge in [0.15, 0.2) is 5.96 Å². The van der Waals surface area contributed by atoms with Crippen LogP contribution in [0, 0.1) is 0 Å². The number of halogens is 5. The van der Waals surface area contributed by atoms with Crippen LogP contribution in [0.25, 0.3) is 0 Å². The van der Waals surface area contributed by atoms with Crippen LogP contribution in [-0.2, 0) is 4.79 Å². The zero-order valence-electron chi connectivity index (χ0n) is 15.7. The van der Waals surface area contributed by atoms with Gasteiger partial charge in [-0.05, 0) is 12.1 Å².